The monoisotopic (exact) mass is 388 g/mol. The SMILES string of the molecule is C=CCCC(C)=CCCC(C)=CCc1c(C)c(OC)c(OC)c(OC)c1OC. The molecule has 0 radical (unpaired) electrons. The Morgan fingerprint density at radius 3 is 1.79 bits per heavy atom. The number of rotatable bonds is 12. The summed E-state index contributed by atoms with van der Waals surface area (Å²) in [5, 5.41) is 0. The van der Waals surface area contributed by atoms with Crippen LogP contribution in [0.5, 0.6) is 23.0 Å². The summed E-state index contributed by atoms with van der Waals surface area (Å²) in [5.74, 6) is 2.50. The summed E-state index contributed by atoms with van der Waals surface area (Å²) in [4.78, 5) is 0. The first-order valence-corrected chi connectivity index (χ1v) is 9.72. The Balaban J connectivity index is 3.04. The van der Waals surface area contributed by atoms with Crippen molar-refractivity contribution >= 4 is 0 Å². The van der Waals surface area contributed by atoms with Crippen LogP contribution in [0.25, 0.3) is 0 Å². The summed E-state index contributed by atoms with van der Waals surface area (Å²) in [7, 11) is 6.51. The van der Waals surface area contributed by atoms with Crippen molar-refractivity contribution < 1.29 is 18.9 Å². The lowest BCUT2D eigenvalue weighted by Crippen LogP contribution is -2.04. The highest BCUT2D eigenvalue weighted by Gasteiger charge is 2.24. The van der Waals surface area contributed by atoms with Gasteiger partial charge in [0, 0.05) is 11.1 Å². The summed E-state index contributed by atoms with van der Waals surface area (Å²) < 4.78 is 22.3. The van der Waals surface area contributed by atoms with Crippen molar-refractivity contribution in [3.8, 4) is 23.0 Å². The molecule has 0 saturated carbocycles. The number of ether oxygens (including phenoxy) is 4. The van der Waals surface area contributed by atoms with Crippen LogP contribution in [0.15, 0.2) is 36.0 Å². The lowest BCUT2D eigenvalue weighted by Gasteiger charge is -2.21. The van der Waals surface area contributed by atoms with E-state index in [1.54, 1.807) is 28.4 Å². The van der Waals surface area contributed by atoms with Crippen molar-refractivity contribution in [2.45, 2.75) is 52.9 Å². The smallest absolute Gasteiger partial charge is 0.207 e. The van der Waals surface area contributed by atoms with Gasteiger partial charge in [0.05, 0.1) is 28.4 Å². The Morgan fingerprint density at radius 2 is 1.25 bits per heavy atom. The third-order valence-corrected chi connectivity index (χ3v) is 4.93. The lowest BCUT2D eigenvalue weighted by molar-refractivity contribution is 0.302. The Hall–Kier alpha value is -2.36. The van der Waals surface area contributed by atoms with Gasteiger partial charge < -0.3 is 18.9 Å². The number of hydrogen-bond acceptors (Lipinski definition) is 4. The fourth-order valence-corrected chi connectivity index (χ4v) is 3.26. The van der Waals surface area contributed by atoms with Gasteiger partial charge in [-0.25, -0.2) is 0 Å². The van der Waals surface area contributed by atoms with Crippen molar-refractivity contribution in [2.75, 3.05) is 28.4 Å². The highest BCUT2D eigenvalue weighted by atomic mass is 16.5. The van der Waals surface area contributed by atoms with E-state index >= 15 is 0 Å². The number of allylic oxidation sites excluding steroid dienone is 5. The Bertz CT molecular complexity index is 714. The molecule has 0 atom stereocenters. The topological polar surface area (TPSA) is 36.9 Å². The Kier molecular flexibility index (Phi) is 10.3. The van der Waals surface area contributed by atoms with E-state index in [4.69, 9.17) is 18.9 Å². The summed E-state index contributed by atoms with van der Waals surface area (Å²) >= 11 is 0. The van der Waals surface area contributed by atoms with Gasteiger partial charge in [-0.1, -0.05) is 29.4 Å². The van der Waals surface area contributed by atoms with Crippen LogP contribution in [0.3, 0.4) is 0 Å². The summed E-state index contributed by atoms with van der Waals surface area (Å²) in [5.41, 5.74) is 4.83. The zero-order chi connectivity index (χ0) is 21.1. The molecule has 0 aromatic heterocycles. The fourth-order valence-electron chi connectivity index (χ4n) is 3.26. The Morgan fingerprint density at radius 1 is 0.750 bits per heavy atom. The van der Waals surface area contributed by atoms with Gasteiger partial charge >= 0.3 is 0 Å². The Labute approximate surface area is 170 Å². The van der Waals surface area contributed by atoms with Crippen molar-refractivity contribution in [3.05, 3.63) is 47.1 Å². The zero-order valence-corrected chi connectivity index (χ0v) is 18.6. The molecular weight excluding hydrogens is 352 g/mol. The molecule has 0 spiro atoms. The van der Waals surface area contributed by atoms with Crippen LogP contribution in [0.2, 0.25) is 0 Å². The molecule has 156 valence electrons. The van der Waals surface area contributed by atoms with Gasteiger partial charge in [0.25, 0.3) is 0 Å². The van der Waals surface area contributed by atoms with Crippen molar-refractivity contribution in [3.63, 3.8) is 0 Å². The molecule has 0 fully saturated rings. The number of methoxy groups -OCH3 is 4. The van der Waals surface area contributed by atoms with Gasteiger partial charge in [0.2, 0.25) is 11.5 Å². The standard InChI is InChI=1S/C24H36O4/c1-9-10-12-17(2)13-11-14-18(3)15-16-20-19(4)21(25-5)23(27-7)24(28-8)22(20)26-6/h9,13,15H,1,10-12,14,16H2,2-8H3. The van der Waals surface area contributed by atoms with E-state index in [2.05, 4.69) is 32.6 Å². The molecule has 0 aliphatic heterocycles. The molecule has 4 nitrogen and oxygen atoms in total. The highest BCUT2D eigenvalue weighted by molar-refractivity contribution is 5.67. The molecule has 28 heavy (non-hydrogen) atoms. The molecule has 0 aliphatic rings. The van der Waals surface area contributed by atoms with Crippen molar-refractivity contribution in [1.29, 1.82) is 0 Å². The average Bonchev–Trinajstić information content (AvgIpc) is 2.69. The van der Waals surface area contributed by atoms with Gasteiger partial charge in [-0.15, -0.1) is 6.58 Å². The third kappa shape index (κ3) is 6.08. The van der Waals surface area contributed by atoms with Gasteiger partial charge in [0.15, 0.2) is 11.5 Å². The second kappa shape index (κ2) is 12.2. The second-order valence-corrected chi connectivity index (χ2v) is 6.91. The molecule has 1 aromatic carbocycles. The normalized spacial score (nSPS) is 12.0. The van der Waals surface area contributed by atoms with Gasteiger partial charge in [-0.2, -0.15) is 0 Å². The molecule has 0 amide bonds. The first-order chi connectivity index (χ1) is 13.4. The minimum absolute atomic E-state index is 0.559. The molecule has 1 rings (SSSR count). The van der Waals surface area contributed by atoms with Crippen LogP contribution in [0, 0.1) is 6.92 Å². The molecule has 0 bridgehead atoms. The van der Waals surface area contributed by atoms with Crippen LogP contribution < -0.4 is 18.9 Å². The minimum Gasteiger partial charge on any atom is -0.492 e. The first-order valence-electron chi connectivity index (χ1n) is 9.72. The van der Waals surface area contributed by atoms with Crippen LogP contribution in [-0.4, -0.2) is 28.4 Å². The van der Waals surface area contributed by atoms with E-state index in [9.17, 15) is 0 Å². The molecule has 0 N–H and O–H groups in total. The molecule has 0 saturated heterocycles. The average molecular weight is 389 g/mol. The van der Waals surface area contributed by atoms with Gasteiger partial charge in [0.1, 0.15) is 0 Å². The molecule has 4 heteroatoms. The largest absolute Gasteiger partial charge is 0.492 e. The molecule has 0 unspecified atom stereocenters. The summed E-state index contributed by atoms with van der Waals surface area (Å²) in [6.45, 7) is 10.2. The predicted molar refractivity (Wildman–Crippen MR) is 117 cm³/mol. The molecule has 0 heterocycles. The lowest BCUT2D eigenvalue weighted by atomic mass is 9.99. The van der Waals surface area contributed by atoms with Crippen molar-refractivity contribution in [1.82, 2.24) is 0 Å². The number of hydrogen-bond donors (Lipinski definition) is 0. The van der Waals surface area contributed by atoms with Crippen molar-refractivity contribution in [2.24, 2.45) is 0 Å². The van der Waals surface area contributed by atoms with Crippen LogP contribution in [0.1, 0.15) is 50.7 Å². The fraction of sp³-hybridized carbons (Fsp3) is 0.500. The molecule has 1 aromatic rings. The van der Waals surface area contributed by atoms with E-state index < -0.39 is 0 Å². The maximum atomic E-state index is 5.67. The summed E-state index contributed by atoms with van der Waals surface area (Å²) in [6, 6.07) is 0. The van der Waals surface area contributed by atoms with E-state index in [0.29, 0.717) is 23.0 Å². The predicted octanol–water partition coefficient (Wildman–Crippen LogP) is 6.21. The zero-order valence-electron chi connectivity index (χ0n) is 18.6. The van der Waals surface area contributed by atoms with Gasteiger partial charge in [-0.3, -0.25) is 0 Å². The number of benzene rings is 1. The first kappa shape index (κ1) is 23.7. The van der Waals surface area contributed by atoms with Crippen LogP contribution >= 0.6 is 0 Å². The van der Waals surface area contributed by atoms with E-state index in [0.717, 1.165) is 43.2 Å². The molecular formula is C24H36O4. The van der Waals surface area contributed by atoms with Crippen LogP contribution in [-0.2, 0) is 6.42 Å². The second-order valence-electron chi connectivity index (χ2n) is 6.91. The van der Waals surface area contributed by atoms with E-state index in [1.165, 1.54) is 11.1 Å². The minimum atomic E-state index is 0.559. The maximum absolute atomic E-state index is 5.67. The van der Waals surface area contributed by atoms with Crippen LogP contribution in [0.4, 0.5) is 0 Å². The quantitative estimate of drug-likeness (QED) is 0.399. The molecule has 0 aliphatic carbocycles. The highest BCUT2D eigenvalue weighted by Crippen LogP contribution is 2.49. The van der Waals surface area contributed by atoms with E-state index in [1.807, 2.05) is 13.0 Å². The summed E-state index contributed by atoms with van der Waals surface area (Å²) in [6.07, 6.45) is 11.5. The maximum Gasteiger partial charge on any atom is 0.207 e. The third-order valence-electron chi connectivity index (χ3n) is 4.93. The van der Waals surface area contributed by atoms with E-state index in [-0.39, 0.29) is 0 Å². The van der Waals surface area contributed by atoms with Gasteiger partial charge in [-0.05, 0) is 52.9 Å².